The fourth-order valence-corrected chi connectivity index (χ4v) is 2.56. The van der Waals surface area contributed by atoms with E-state index in [-0.39, 0.29) is 36.9 Å². The quantitative estimate of drug-likeness (QED) is 0.843. The Morgan fingerprint density at radius 2 is 2.09 bits per heavy atom. The van der Waals surface area contributed by atoms with Crippen molar-refractivity contribution in [1.82, 2.24) is 10.2 Å². The molecule has 2 atom stereocenters. The molecule has 1 aliphatic heterocycles. The van der Waals surface area contributed by atoms with Gasteiger partial charge in [0.1, 0.15) is 6.61 Å². The molecule has 1 fully saturated rings. The Balaban J connectivity index is 0.00000242. The van der Waals surface area contributed by atoms with Crippen molar-refractivity contribution in [3.05, 3.63) is 35.9 Å². The lowest BCUT2D eigenvalue weighted by Crippen LogP contribution is -2.51. The van der Waals surface area contributed by atoms with Crippen molar-refractivity contribution < 1.29 is 9.53 Å². The molecule has 1 amide bonds. The molecular formula is C16H27Cl2N3O2. The van der Waals surface area contributed by atoms with Gasteiger partial charge in [0.25, 0.3) is 0 Å². The molecule has 132 valence electrons. The molecule has 3 N–H and O–H groups in total. The van der Waals surface area contributed by atoms with Crippen molar-refractivity contribution >= 4 is 30.9 Å². The number of amides is 1. The standard InChI is InChI=1S/C16H25N3O2.2ClH/c1-13(10-17)18-15-8-5-9-19(11-15)16(20)21-12-14-6-3-2-4-7-14;;/h2-4,6-7,13,15,18H,5,8-12,17H2,1H3;2*1H/t13?,15-;;/m0../s1. The van der Waals surface area contributed by atoms with Gasteiger partial charge in [-0.2, -0.15) is 0 Å². The number of nitrogens with two attached hydrogens (primary N) is 1. The number of carbonyl (C=O) groups excluding carboxylic acids is 1. The van der Waals surface area contributed by atoms with Crippen LogP contribution in [0.2, 0.25) is 0 Å². The summed E-state index contributed by atoms with van der Waals surface area (Å²) in [7, 11) is 0. The van der Waals surface area contributed by atoms with Crippen LogP contribution in [-0.2, 0) is 11.3 Å². The third kappa shape index (κ3) is 7.40. The smallest absolute Gasteiger partial charge is 0.410 e. The zero-order valence-corrected chi connectivity index (χ0v) is 15.1. The molecule has 7 heteroatoms. The Kier molecular flexibility index (Phi) is 11.0. The van der Waals surface area contributed by atoms with Crippen molar-refractivity contribution in [2.75, 3.05) is 19.6 Å². The number of hydrogen-bond donors (Lipinski definition) is 2. The maximum Gasteiger partial charge on any atom is 0.410 e. The fourth-order valence-electron chi connectivity index (χ4n) is 2.56. The minimum Gasteiger partial charge on any atom is -0.445 e. The first-order valence-corrected chi connectivity index (χ1v) is 7.60. The van der Waals surface area contributed by atoms with Crippen molar-refractivity contribution in [1.29, 1.82) is 0 Å². The van der Waals surface area contributed by atoms with Gasteiger partial charge in [-0.15, -0.1) is 24.8 Å². The fraction of sp³-hybridized carbons (Fsp3) is 0.562. The number of carbonyl (C=O) groups is 1. The van der Waals surface area contributed by atoms with Gasteiger partial charge in [-0.05, 0) is 25.3 Å². The van der Waals surface area contributed by atoms with Gasteiger partial charge in [-0.3, -0.25) is 0 Å². The van der Waals surface area contributed by atoms with E-state index in [9.17, 15) is 4.79 Å². The highest BCUT2D eigenvalue weighted by Crippen LogP contribution is 2.13. The minimum atomic E-state index is -0.231. The highest BCUT2D eigenvalue weighted by molar-refractivity contribution is 5.85. The second-order valence-electron chi connectivity index (χ2n) is 5.63. The average Bonchev–Trinajstić information content (AvgIpc) is 2.53. The highest BCUT2D eigenvalue weighted by atomic mass is 35.5. The molecule has 0 spiro atoms. The van der Waals surface area contributed by atoms with Crippen molar-refractivity contribution in [2.45, 2.75) is 38.5 Å². The molecule has 0 aromatic heterocycles. The monoisotopic (exact) mass is 363 g/mol. The summed E-state index contributed by atoms with van der Waals surface area (Å²) in [5, 5.41) is 3.45. The second kappa shape index (κ2) is 11.5. The lowest BCUT2D eigenvalue weighted by atomic mass is 10.1. The number of benzene rings is 1. The normalized spacial score (nSPS) is 18.3. The largest absolute Gasteiger partial charge is 0.445 e. The number of hydrogen-bond acceptors (Lipinski definition) is 4. The van der Waals surface area contributed by atoms with Gasteiger partial charge in [0, 0.05) is 31.7 Å². The third-order valence-corrected chi connectivity index (χ3v) is 3.76. The Morgan fingerprint density at radius 3 is 2.74 bits per heavy atom. The Bertz CT molecular complexity index is 448. The molecule has 1 aromatic carbocycles. The van der Waals surface area contributed by atoms with Crippen LogP contribution in [-0.4, -0.2) is 42.7 Å². The molecule has 2 rings (SSSR count). The molecule has 5 nitrogen and oxygen atoms in total. The topological polar surface area (TPSA) is 67.6 Å². The van der Waals surface area contributed by atoms with Gasteiger partial charge in [0.15, 0.2) is 0 Å². The summed E-state index contributed by atoms with van der Waals surface area (Å²) in [6.45, 7) is 4.45. The van der Waals surface area contributed by atoms with Crippen LogP contribution in [0.4, 0.5) is 4.79 Å². The van der Waals surface area contributed by atoms with Crippen LogP contribution in [0.3, 0.4) is 0 Å². The number of nitrogens with one attached hydrogen (secondary N) is 1. The van der Waals surface area contributed by atoms with E-state index in [1.807, 2.05) is 30.3 Å². The van der Waals surface area contributed by atoms with E-state index < -0.39 is 0 Å². The zero-order chi connectivity index (χ0) is 15.1. The van der Waals surface area contributed by atoms with Crippen molar-refractivity contribution in [2.24, 2.45) is 5.73 Å². The lowest BCUT2D eigenvalue weighted by molar-refractivity contribution is 0.0824. The summed E-state index contributed by atoms with van der Waals surface area (Å²) in [6, 6.07) is 10.3. The van der Waals surface area contributed by atoms with E-state index in [1.54, 1.807) is 4.90 Å². The zero-order valence-electron chi connectivity index (χ0n) is 13.4. The summed E-state index contributed by atoms with van der Waals surface area (Å²) in [5.41, 5.74) is 6.64. The first-order valence-electron chi connectivity index (χ1n) is 7.60. The summed E-state index contributed by atoms with van der Waals surface area (Å²) < 4.78 is 5.38. The van der Waals surface area contributed by atoms with E-state index in [2.05, 4.69) is 12.2 Å². The molecule has 0 radical (unpaired) electrons. The van der Waals surface area contributed by atoms with Crippen LogP contribution >= 0.6 is 24.8 Å². The summed E-state index contributed by atoms with van der Waals surface area (Å²) >= 11 is 0. The number of halogens is 2. The first kappa shape index (κ1) is 22.0. The lowest BCUT2D eigenvalue weighted by Gasteiger charge is -2.34. The molecule has 0 saturated carbocycles. The number of likely N-dealkylation sites (tertiary alicyclic amines) is 1. The minimum absolute atomic E-state index is 0. The molecule has 0 bridgehead atoms. The molecule has 23 heavy (non-hydrogen) atoms. The van der Waals surface area contributed by atoms with E-state index in [0.717, 1.165) is 24.9 Å². The number of piperidine rings is 1. The van der Waals surface area contributed by atoms with Crippen LogP contribution in [0.1, 0.15) is 25.3 Å². The number of rotatable bonds is 5. The van der Waals surface area contributed by atoms with Crippen LogP contribution in [0.15, 0.2) is 30.3 Å². The SMILES string of the molecule is CC(CN)N[C@H]1CCCN(C(=O)OCc2ccccc2)C1.Cl.Cl. The number of ether oxygens (including phenoxy) is 1. The first-order chi connectivity index (χ1) is 10.2. The molecule has 1 aliphatic rings. The van der Waals surface area contributed by atoms with Gasteiger partial charge in [-0.1, -0.05) is 30.3 Å². The second-order valence-corrected chi connectivity index (χ2v) is 5.63. The molecule has 1 unspecified atom stereocenters. The van der Waals surface area contributed by atoms with Crippen LogP contribution in [0.5, 0.6) is 0 Å². The van der Waals surface area contributed by atoms with E-state index in [4.69, 9.17) is 10.5 Å². The Hall–Kier alpha value is -1.01. The molecular weight excluding hydrogens is 337 g/mol. The highest BCUT2D eigenvalue weighted by Gasteiger charge is 2.25. The Morgan fingerprint density at radius 1 is 1.39 bits per heavy atom. The van der Waals surface area contributed by atoms with Gasteiger partial charge in [-0.25, -0.2) is 4.79 Å². The average molecular weight is 364 g/mol. The maximum atomic E-state index is 12.1. The van der Waals surface area contributed by atoms with E-state index >= 15 is 0 Å². The summed E-state index contributed by atoms with van der Waals surface area (Å²) in [5.74, 6) is 0. The van der Waals surface area contributed by atoms with Crippen molar-refractivity contribution in [3.8, 4) is 0 Å². The molecule has 1 heterocycles. The van der Waals surface area contributed by atoms with Gasteiger partial charge in [0.2, 0.25) is 0 Å². The predicted molar refractivity (Wildman–Crippen MR) is 97.4 cm³/mol. The Labute approximate surface area is 150 Å². The van der Waals surface area contributed by atoms with Gasteiger partial charge in [0.05, 0.1) is 0 Å². The summed E-state index contributed by atoms with van der Waals surface area (Å²) in [6.07, 6.45) is 1.84. The molecule has 0 aliphatic carbocycles. The third-order valence-electron chi connectivity index (χ3n) is 3.76. The molecule has 1 aromatic rings. The molecule has 1 saturated heterocycles. The predicted octanol–water partition coefficient (Wildman–Crippen LogP) is 2.57. The summed E-state index contributed by atoms with van der Waals surface area (Å²) in [4.78, 5) is 13.9. The van der Waals surface area contributed by atoms with Crippen LogP contribution in [0.25, 0.3) is 0 Å². The van der Waals surface area contributed by atoms with Crippen LogP contribution in [0, 0.1) is 0 Å². The van der Waals surface area contributed by atoms with Gasteiger partial charge >= 0.3 is 6.09 Å². The number of nitrogens with zero attached hydrogens (tertiary/aromatic N) is 1. The van der Waals surface area contributed by atoms with Crippen molar-refractivity contribution in [3.63, 3.8) is 0 Å². The van der Waals surface area contributed by atoms with Gasteiger partial charge < -0.3 is 20.7 Å². The van der Waals surface area contributed by atoms with Crippen LogP contribution < -0.4 is 11.1 Å². The van der Waals surface area contributed by atoms with E-state index in [0.29, 0.717) is 25.7 Å². The van der Waals surface area contributed by atoms with E-state index in [1.165, 1.54) is 0 Å². The maximum absolute atomic E-state index is 12.1.